The van der Waals surface area contributed by atoms with Crippen molar-refractivity contribution in [2.75, 3.05) is 0 Å². The molecule has 3 nitrogen and oxygen atoms in total. The Bertz CT molecular complexity index is 683. The van der Waals surface area contributed by atoms with Gasteiger partial charge >= 0.3 is 0 Å². The van der Waals surface area contributed by atoms with Gasteiger partial charge < -0.3 is 4.84 Å². The van der Waals surface area contributed by atoms with Crippen LogP contribution in [0.25, 0.3) is 0 Å². The summed E-state index contributed by atoms with van der Waals surface area (Å²) in [6.07, 6.45) is 0.725. The van der Waals surface area contributed by atoms with Gasteiger partial charge in [-0.15, -0.1) is 0 Å². The van der Waals surface area contributed by atoms with E-state index < -0.39 is 5.60 Å². The molecule has 0 spiro atoms. The first kappa shape index (κ1) is 12.4. The molecule has 0 radical (unpaired) electrons. The molecule has 1 unspecified atom stereocenters. The molecule has 1 aliphatic heterocycles. The summed E-state index contributed by atoms with van der Waals surface area (Å²) in [7, 11) is 0. The number of hydrogen-bond acceptors (Lipinski definition) is 3. The highest BCUT2D eigenvalue weighted by Gasteiger charge is 2.36. The van der Waals surface area contributed by atoms with Crippen molar-refractivity contribution in [3.05, 3.63) is 71.3 Å². The van der Waals surface area contributed by atoms with Crippen LogP contribution in [0.4, 0.5) is 0 Å². The molecule has 3 rings (SSSR count). The van der Waals surface area contributed by atoms with E-state index in [2.05, 4.69) is 23.4 Å². The highest BCUT2D eigenvalue weighted by Crippen LogP contribution is 2.35. The molecule has 3 heteroatoms. The van der Waals surface area contributed by atoms with E-state index in [1.54, 1.807) is 12.1 Å². The zero-order valence-electron chi connectivity index (χ0n) is 11.2. The third-order valence-corrected chi connectivity index (χ3v) is 3.59. The summed E-state index contributed by atoms with van der Waals surface area (Å²) in [6.45, 7) is 2.04. The van der Waals surface area contributed by atoms with Gasteiger partial charge in [0.1, 0.15) is 0 Å². The lowest BCUT2D eigenvalue weighted by atomic mass is 9.89. The minimum atomic E-state index is -0.412. The van der Waals surface area contributed by atoms with E-state index in [1.165, 1.54) is 0 Å². The van der Waals surface area contributed by atoms with Gasteiger partial charge in [-0.3, -0.25) is 0 Å². The van der Waals surface area contributed by atoms with Crippen LogP contribution in [0.3, 0.4) is 0 Å². The smallest absolute Gasteiger partial charge is 0.165 e. The van der Waals surface area contributed by atoms with Crippen molar-refractivity contribution >= 4 is 5.71 Å². The molecular formula is C17H14N2O. The van der Waals surface area contributed by atoms with E-state index in [-0.39, 0.29) is 0 Å². The molecule has 2 aromatic rings. The monoisotopic (exact) mass is 262 g/mol. The first-order valence-electron chi connectivity index (χ1n) is 6.52. The van der Waals surface area contributed by atoms with Gasteiger partial charge in [0.15, 0.2) is 5.60 Å². The van der Waals surface area contributed by atoms with Gasteiger partial charge in [-0.2, -0.15) is 5.26 Å². The predicted octanol–water partition coefficient (Wildman–Crippen LogP) is 3.60. The number of oxime groups is 1. The normalized spacial score (nSPS) is 20.9. The molecule has 0 amide bonds. The van der Waals surface area contributed by atoms with E-state index >= 15 is 0 Å². The van der Waals surface area contributed by atoms with Crippen LogP contribution in [-0.4, -0.2) is 5.71 Å². The Balaban J connectivity index is 1.84. The molecule has 0 aromatic heterocycles. The SMILES string of the molecule is CC1(c2ccccc2)CC(c2ccc(C#N)cc2)=NO1. The molecule has 98 valence electrons. The molecule has 0 N–H and O–H groups in total. The van der Waals surface area contributed by atoms with E-state index in [4.69, 9.17) is 10.1 Å². The number of rotatable bonds is 2. The number of hydrogen-bond donors (Lipinski definition) is 0. The summed E-state index contributed by atoms with van der Waals surface area (Å²) in [5.41, 5.74) is 3.28. The standard InChI is InChI=1S/C17H14N2O/c1-17(15-5-3-2-4-6-15)11-16(19-20-17)14-9-7-13(12-18)8-10-14/h2-10H,11H2,1H3. The van der Waals surface area contributed by atoms with Crippen molar-refractivity contribution in [3.63, 3.8) is 0 Å². The quantitative estimate of drug-likeness (QED) is 0.830. The van der Waals surface area contributed by atoms with Gasteiger partial charge in [0.25, 0.3) is 0 Å². The first-order valence-corrected chi connectivity index (χ1v) is 6.52. The maximum Gasteiger partial charge on any atom is 0.165 e. The van der Waals surface area contributed by atoms with Gasteiger partial charge in [-0.25, -0.2) is 0 Å². The summed E-state index contributed by atoms with van der Waals surface area (Å²) >= 11 is 0. The van der Waals surface area contributed by atoms with E-state index in [0.29, 0.717) is 5.56 Å². The fourth-order valence-electron chi connectivity index (χ4n) is 2.38. The predicted molar refractivity (Wildman–Crippen MR) is 77.2 cm³/mol. The van der Waals surface area contributed by atoms with Crippen LogP contribution < -0.4 is 0 Å². The van der Waals surface area contributed by atoms with Crippen molar-refractivity contribution in [2.24, 2.45) is 5.16 Å². The minimum absolute atomic E-state index is 0.412. The topological polar surface area (TPSA) is 45.4 Å². The Morgan fingerprint density at radius 1 is 1.10 bits per heavy atom. The number of nitrogens with zero attached hydrogens (tertiary/aromatic N) is 2. The molecule has 0 saturated carbocycles. The molecule has 1 heterocycles. The fourth-order valence-corrected chi connectivity index (χ4v) is 2.38. The molecule has 1 aliphatic rings. The average molecular weight is 262 g/mol. The fraction of sp³-hybridized carbons (Fsp3) is 0.176. The Kier molecular flexibility index (Phi) is 3.00. The van der Waals surface area contributed by atoms with Crippen LogP contribution in [-0.2, 0) is 10.4 Å². The summed E-state index contributed by atoms with van der Waals surface area (Å²) in [5.74, 6) is 0. The lowest BCUT2D eigenvalue weighted by molar-refractivity contribution is -0.00738. The van der Waals surface area contributed by atoms with Gasteiger partial charge in [0, 0.05) is 6.42 Å². The van der Waals surface area contributed by atoms with Gasteiger partial charge in [0.05, 0.1) is 17.3 Å². The van der Waals surface area contributed by atoms with Crippen LogP contribution in [0.15, 0.2) is 59.8 Å². The summed E-state index contributed by atoms with van der Waals surface area (Å²) in [5, 5.41) is 13.0. The Morgan fingerprint density at radius 2 is 1.80 bits per heavy atom. The second-order valence-electron chi connectivity index (χ2n) is 5.09. The summed E-state index contributed by atoms with van der Waals surface area (Å²) < 4.78 is 0. The van der Waals surface area contributed by atoms with Gasteiger partial charge in [-0.1, -0.05) is 47.6 Å². The molecule has 0 aliphatic carbocycles. The molecular weight excluding hydrogens is 248 g/mol. The largest absolute Gasteiger partial charge is 0.384 e. The van der Waals surface area contributed by atoms with E-state index in [0.717, 1.165) is 23.3 Å². The molecule has 2 aromatic carbocycles. The third kappa shape index (κ3) is 2.17. The second-order valence-corrected chi connectivity index (χ2v) is 5.09. The van der Waals surface area contributed by atoms with Crippen molar-refractivity contribution in [3.8, 4) is 6.07 Å². The maximum atomic E-state index is 8.82. The third-order valence-electron chi connectivity index (χ3n) is 3.59. The lowest BCUT2D eigenvalue weighted by Crippen LogP contribution is -2.21. The summed E-state index contributed by atoms with van der Waals surface area (Å²) in [4.78, 5) is 5.67. The van der Waals surface area contributed by atoms with Crippen LogP contribution >= 0.6 is 0 Å². The van der Waals surface area contributed by atoms with Gasteiger partial charge in [0.2, 0.25) is 0 Å². The van der Waals surface area contributed by atoms with Crippen LogP contribution in [0.2, 0.25) is 0 Å². The molecule has 0 bridgehead atoms. The van der Waals surface area contributed by atoms with Gasteiger partial charge in [-0.05, 0) is 30.2 Å². The Labute approximate surface area is 118 Å². The molecule has 20 heavy (non-hydrogen) atoms. The lowest BCUT2D eigenvalue weighted by Gasteiger charge is -2.21. The molecule has 0 saturated heterocycles. The average Bonchev–Trinajstić information content (AvgIpc) is 2.92. The Morgan fingerprint density at radius 3 is 2.45 bits per heavy atom. The maximum absolute atomic E-state index is 8.82. The molecule has 0 fully saturated rings. The number of benzene rings is 2. The second kappa shape index (κ2) is 4.82. The van der Waals surface area contributed by atoms with Crippen LogP contribution in [0, 0.1) is 11.3 Å². The highest BCUT2D eigenvalue weighted by molar-refractivity contribution is 6.01. The van der Waals surface area contributed by atoms with Crippen LogP contribution in [0.5, 0.6) is 0 Å². The summed E-state index contributed by atoms with van der Waals surface area (Å²) in [6, 6.07) is 19.7. The van der Waals surface area contributed by atoms with E-state index in [1.807, 2.05) is 37.3 Å². The van der Waals surface area contributed by atoms with E-state index in [9.17, 15) is 0 Å². The molecule has 1 atom stereocenters. The van der Waals surface area contributed by atoms with Crippen LogP contribution in [0.1, 0.15) is 30.0 Å². The van der Waals surface area contributed by atoms with Crippen molar-refractivity contribution in [1.29, 1.82) is 5.26 Å². The minimum Gasteiger partial charge on any atom is -0.384 e. The van der Waals surface area contributed by atoms with Crippen molar-refractivity contribution in [2.45, 2.75) is 18.9 Å². The number of nitriles is 1. The zero-order chi connectivity index (χ0) is 14.0. The van der Waals surface area contributed by atoms with Crippen molar-refractivity contribution in [1.82, 2.24) is 0 Å². The first-order chi connectivity index (χ1) is 9.71. The highest BCUT2D eigenvalue weighted by atomic mass is 16.7. The Hall–Kier alpha value is -2.60. The zero-order valence-corrected chi connectivity index (χ0v) is 11.2. The van der Waals surface area contributed by atoms with Crippen molar-refractivity contribution < 1.29 is 4.84 Å².